The summed E-state index contributed by atoms with van der Waals surface area (Å²) in [5.74, 6) is -0.0841. The van der Waals surface area contributed by atoms with Crippen LogP contribution in [0.3, 0.4) is 0 Å². The summed E-state index contributed by atoms with van der Waals surface area (Å²) in [6, 6.07) is 0. The van der Waals surface area contributed by atoms with Crippen molar-refractivity contribution in [3.05, 3.63) is 0 Å². The van der Waals surface area contributed by atoms with E-state index in [1.807, 2.05) is 23.9 Å². The lowest BCUT2D eigenvalue weighted by Crippen LogP contribution is -2.55. The molecule has 2 amide bonds. The van der Waals surface area contributed by atoms with Crippen LogP contribution in [0.15, 0.2) is 0 Å². The molecule has 0 aromatic rings. The first-order valence-corrected chi connectivity index (χ1v) is 25.5. The molecule has 2 atom stereocenters. The van der Waals surface area contributed by atoms with Crippen molar-refractivity contribution < 1.29 is 9.59 Å². The van der Waals surface area contributed by atoms with E-state index in [-0.39, 0.29) is 29.1 Å². The van der Waals surface area contributed by atoms with Crippen molar-refractivity contribution in [2.24, 2.45) is 17.3 Å². The van der Waals surface area contributed by atoms with Gasteiger partial charge in [0.15, 0.2) is 10.2 Å². The minimum absolute atomic E-state index is 0.0189. The van der Waals surface area contributed by atoms with Crippen LogP contribution < -0.4 is 10.6 Å². The van der Waals surface area contributed by atoms with Crippen molar-refractivity contribution in [1.82, 2.24) is 20.4 Å². The Morgan fingerprint density at radius 3 is 1.07 bits per heavy atom. The Morgan fingerprint density at radius 1 is 0.491 bits per heavy atom. The van der Waals surface area contributed by atoms with E-state index in [0.717, 1.165) is 25.9 Å². The van der Waals surface area contributed by atoms with Crippen LogP contribution >= 0.6 is 24.4 Å². The molecule has 2 N–H and O–H groups in total. The highest BCUT2D eigenvalue weighted by Crippen LogP contribution is 2.53. The first-order valence-electron chi connectivity index (χ1n) is 24.6. The Morgan fingerprint density at radius 2 is 0.772 bits per heavy atom. The van der Waals surface area contributed by atoms with Crippen LogP contribution in [0.4, 0.5) is 0 Å². The van der Waals surface area contributed by atoms with Gasteiger partial charge in [0.25, 0.3) is 0 Å². The Hall–Kier alpha value is -1.28. The largest absolute Gasteiger partial charge is 0.352 e. The van der Waals surface area contributed by atoms with Gasteiger partial charge in [-0.05, 0) is 55.0 Å². The van der Waals surface area contributed by atoms with Crippen molar-refractivity contribution in [3.8, 4) is 0 Å². The van der Waals surface area contributed by atoms with Crippen molar-refractivity contribution >= 4 is 46.5 Å². The van der Waals surface area contributed by atoms with Gasteiger partial charge < -0.3 is 20.4 Å². The topological polar surface area (TPSA) is 64.7 Å². The zero-order valence-corrected chi connectivity index (χ0v) is 40.3. The molecular weight excluding hydrogens is 741 g/mol. The average molecular weight is 835 g/mol. The number of nitrogens with one attached hydrogen (secondary N) is 2. The third-order valence-electron chi connectivity index (χ3n) is 13.1. The van der Waals surface area contributed by atoms with Crippen molar-refractivity contribution in [2.45, 2.75) is 246 Å². The standard InChI is InChI=1S/C49H94N4O2S2/c1-7-9-11-13-15-17-19-21-23-25-27-29-31-33-35-37-39-52(5)47(56)50-45(54)42-43-41-44(49(43,3)4)46(55)51-48(57)53(6)40-38-36-34-32-30-28-26-24-22-20-18-16-14-12-10-8-2/h43-44H,7-42H2,1-6H3,(H,50,54,56)(H,51,55,57). The van der Waals surface area contributed by atoms with Crippen molar-refractivity contribution in [3.63, 3.8) is 0 Å². The van der Waals surface area contributed by atoms with Gasteiger partial charge in [0.05, 0.1) is 0 Å². The van der Waals surface area contributed by atoms with Crippen LogP contribution in [-0.4, -0.2) is 59.0 Å². The second-order valence-electron chi connectivity index (χ2n) is 18.6. The predicted molar refractivity (Wildman–Crippen MR) is 256 cm³/mol. The lowest BCUT2D eigenvalue weighted by molar-refractivity contribution is -0.143. The van der Waals surface area contributed by atoms with Gasteiger partial charge in [-0.3, -0.25) is 9.59 Å². The van der Waals surface area contributed by atoms with Gasteiger partial charge >= 0.3 is 0 Å². The second-order valence-corrected chi connectivity index (χ2v) is 19.4. The average Bonchev–Trinajstić information content (AvgIpc) is 3.18. The highest BCUT2D eigenvalue weighted by Gasteiger charge is 2.52. The molecule has 6 nitrogen and oxygen atoms in total. The summed E-state index contributed by atoms with van der Waals surface area (Å²) in [5, 5.41) is 6.98. The van der Waals surface area contributed by atoms with Crippen LogP contribution in [0.25, 0.3) is 0 Å². The number of thiocarbonyl (C=S) groups is 2. The molecule has 0 radical (unpaired) electrons. The lowest BCUT2D eigenvalue weighted by atomic mass is 9.53. The summed E-state index contributed by atoms with van der Waals surface area (Å²) in [6.45, 7) is 10.5. The molecule has 0 aromatic carbocycles. The normalized spacial score (nSPS) is 15.9. The number of hydrogen-bond acceptors (Lipinski definition) is 4. The van der Waals surface area contributed by atoms with Crippen molar-refractivity contribution in [1.29, 1.82) is 0 Å². The highest BCUT2D eigenvalue weighted by atomic mass is 32.1. The third kappa shape index (κ3) is 27.2. The molecule has 1 rings (SSSR count). The van der Waals surface area contributed by atoms with E-state index < -0.39 is 0 Å². The molecule has 0 bridgehead atoms. The Bertz CT molecular complexity index is 1040. The van der Waals surface area contributed by atoms with E-state index >= 15 is 0 Å². The molecule has 1 aliphatic rings. The number of carbonyl (C=O) groups is 2. The number of amides is 2. The third-order valence-corrected chi connectivity index (χ3v) is 13.9. The van der Waals surface area contributed by atoms with Crippen LogP contribution in [0, 0.1) is 17.3 Å². The molecule has 1 saturated carbocycles. The molecule has 0 heterocycles. The van der Waals surface area contributed by atoms with E-state index in [9.17, 15) is 9.59 Å². The van der Waals surface area contributed by atoms with Crippen LogP contribution in [0.2, 0.25) is 0 Å². The highest BCUT2D eigenvalue weighted by molar-refractivity contribution is 7.80. The molecule has 2 unspecified atom stereocenters. The Balaban J connectivity index is 2.07. The second kappa shape index (κ2) is 35.5. The molecular formula is C49H94N4O2S2. The van der Waals surface area contributed by atoms with Crippen LogP contribution in [0.5, 0.6) is 0 Å². The molecule has 1 fully saturated rings. The molecule has 0 saturated heterocycles. The number of nitrogens with zero attached hydrogens (tertiary/aromatic N) is 2. The maximum atomic E-state index is 13.2. The SMILES string of the molecule is CCCCCCCCCCCCCCCCCCN(C)C(=S)NC(=O)CC1CC(C(=O)NC(=S)N(C)CCCCCCCCCCCCCCCCCC)C1(C)C. The van der Waals surface area contributed by atoms with Gasteiger partial charge in [-0.1, -0.05) is 220 Å². The van der Waals surface area contributed by atoms with E-state index in [1.54, 1.807) is 0 Å². The number of unbranched alkanes of at least 4 members (excludes halogenated alkanes) is 30. The fraction of sp³-hybridized carbons (Fsp3) is 0.918. The van der Waals surface area contributed by atoms with Gasteiger partial charge in [0, 0.05) is 39.5 Å². The fourth-order valence-corrected chi connectivity index (χ4v) is 8.98. The summed E-state index contributed by atoms with van der Waals surface area (Å²) in [7, 11) is 3.95. The predicted octanol–water partition coefficient (Wildman–Crippen LogP) is 14.2. The van der Waals surface area contributed by atoms with Gasteiger partial charge in [0.1, 0.15) is 0 Å². The quantitative estimate of drug-likeness (QED) is 0.0480. The van der Waals surface area contributed by atoms with Gasteiger partial charge in [-0.15, -0.1) is 0 Å². The van der Waals surface area contributed by atoms with E-state index in [0.29, 0.717) is 23.1 Å². The minimum Gasteiger partial charge on any atom is -0.352 e. The number of hydrogen-bond donors (Lipinski definition) is 2. The fourth-order valence-electron chi connectivity index (χ4n) is 8.58. The van der Waals surface area contributed by atoms with E-state index in [4.69, 9.17) is 24.4 Å². The summed E-state index contributed by atoms with van der Waals surface area (Å²) in [5.41, 5.74) is -0.273. The number of rotatable bonds is 37. The smallest absolute Gasteiger partial charge is 0.229 e. The monoisotopic (exact) mass is 835 g/mol. The maximum Gasteiger partial charge on any atom is 0.229 e. The van der Waals surface area contributed by atoms with Gasteiger partial charge in [0.2, 0.25) is 11.8 Å². The Labute approximate surface area is 365 Å². The van der Waals surface area contributed by atoms with E-state index in [1.165, 1.54) is 193 Å². The van der Waals surface area contributed by atoms with Crippen LogP contribution in [0.1, 0.15) is 246 Å². The zero-order chi connectivity index (χ0) is 42.0. The first kappa shape index (κ1) is 53.7. The molecule has 0 aliphatic heterocycles. The summed E-state index contributed by atoms with van der Waals surface area (Å²) >= 11 is 11.2. The molecule has 8 heteroatoms. The first-order chi connectivity index (χ1) is 27.5. The molecule has 0 spiro atoms. The Kier molecular flexibility index (Phi) is 33.4. The molecule has 1 aliphatic carbocycles. The van der Waals surface area contributed by atoms with Crippen molar-refractivity contribution in [2.75, 3.05) is 27.2 Å². The molecule has 57 heavy (non-hydrogen) atoms. The summed E-state index contributed by atoms with van der Waals surface area (Å²) in [6.07, 6.45) is 44.5. The van der Waals surface area contributed by atoms with Crippen LogP contribution in [-0.2, 0) is 9.59 Å². The molecule has 334 valence electrons. The lowest BCUT2D eigenvalue weighted by Gasteiger charge is -2.51. The van der Waals surface area contributed by atoms with Gasteiger partial charge in [-0.2, -0.15) is 0 Å². The minimum atomic E-state index is -0.273. The number of carbonyl (C=O) groups excluding carboxylic acids is 2. The maximum absolute atomic E-state index is 13.2. The molecule has 0 aromatic heterocycles. The summed E-state index contributed by atoms with van der Waals surface area (Å²) < 4.78 is 0. The summed E-state index contributed by atoms with van der Waals surface area (Å²) in [4.78, 5) is 30.2. The van der Waals surface area contributed by atoms with E-state index in [2.05, 4.69) is 38.3 Å². The van der Waals surface area contributed by atoms with Gasteiger partial charge in [-0.25, -0.2) is 0 Å². The zero-order valence-electron chi connectivity index (χ0n) is 38.6.